The van der Waals surface area contributed by atoms with Crippen LogP contribution in [0.2, 0.25) is 0 Å². The van der Waals surface area contributed by atoms with Crippen LogP contribution in [0.5, 0.6) is 0 Å². The second-order valence-electron chi connectivity index (χ2n) is 6.49. The first kappa shape index (κ1) is 16.0. The molecule has 4 heteroatoms. The van der Waals surface area contributed by atoms with E-state index in [1.165, 1.54) is 0 Å². The van der Waals surface area contributed by atoms with E-state index >= 15 is 0 Å². The van der Waals surface area contributed by atoms with Gasteiger partial charge in [0.05, 0.1) is 5.54 Å². The van der Waals surface area contributed by atoms with Crippen molar-refractivity contribution in [3.05, 3.63) is 35.9 Å². The zero-order valence-electron chi connectivity index (χ0n) is 13.4. The Bertz CT molecular complexity index is 495. The standard InChI is InChI=1S/C17H25N2O2/c1-5-17(6-2)15(20)18(13-16(3,4)19(17)21)12-14-10-8-7-9-11-14/h7-11H,5-6,12-13H2,1-4H3. The normalized spacial score (nSPS) is 21.6. The van der Waals surface area contributed by atoms with Crippen molar-refractivity contribution in [1.29, 1.82) is 0 Å². The van der Waals surface area contributed by atoms with E-state index in [0.29, 0.717) is 25.9 Å². The summed E-state index contributed by atoms with van der Waals surface area (Å²) in [5.74, 6) is -0.0364. The van der Waals surface area contributed by atoms with E-state index in [4.69, 9.17) is 0 Å². The van der Waals surface area contributed by atoms with Crippen molar-refractivity contribution < 1.29 is 10.0 Å². The molecular weight excluding hydrogens is 264 g/mol. The summed E-state index contributed by atoms with van der Waals surface area (Å²) in [6.45, 7) is 8.72. The van der Waals surface area contributed by atoms with Crippen LogP contribution in [-0.2, 0) is 16.5 Å². The van der Waals surface area contributed by atoms with Crippen LogP contribution in [0.4, 0.5) is 0 Å². The molecule has 1 heterocycles. The molecule has 1 aliphatic heterocycles. The Hall–Kier alpha value is -1.39. The molecule has 0 aromatic heterocycles. The molecule has 1 aromatic rings. The van der Waals surface area contributed by atoms with Crippen molar-refractivity contribution in [1.82, 2.24) is 9.96 Å². The van der Waals surface area contributed by atoms with E-state index in [0.717, 1.165) is 10.6 Å². The highest BCUT2D eigenvalue weighted by molar-refractivity contribution is 5.87. The van der Waals surface area contributed by atoms with Gasteiger partial charge in [-0.2, -0.15) is 0 Å². The van der Waals surface area contributed by atoms with E-state index in [2.05, 4.69) is 0 Å². The number of carbonyl (C=O) groups excluding carboxylic acids is 1. The van der Waals surface area contributed by atoms with Gasteiger partial charge in [-0.3, -0.25) is 4.79 Å². The monoisotopic (exact) mass is 289 g/mol. The highest BCUT2D eigenvalue weighted by Gasteiger charge is 2.54. The van der Waals surface area contributed by atoms with Crippen LogP contribution in [0.3, 0.4) is 0 Å². The van der Waals surface area contributed by atoms with Crippen molar-refractivity contribution in [3.63, 3.8) is 0 Å². The maximum atomic E-state index is 12.9. The summed E-state index contributed by atoms with van der Waals surface area (Å²) in [5.41, 5.74) is -0.382. The number of carbonyl (C=O) groups is 1. The van der Waals surface area contributed by atoms with Gasteiger partial charge in [-0.25, -0.2) is 0 Å². The summed E-state index contributed by atoms with van der Waals surface area (Å²) in [5, 5.41) is 13.8. The van der Waals surface area contributed by atoms with Gasteiger partial charge in [0.1, 0.15) is 5.54 Å². The number of hydrogen-bond donors (Lipinski definition) is 0. The average Bonchev–Trinajstić information content (AvgIpc) is 2.48. The quantitative estimate of drug-likeness (QED) is 0.855. The number of rotatable bonds is 4. The molecule has 0 spiro atoms. The summed E-state index contributed by atoms with van der Waals surface area (Å²) in [7, 11) is 0. The van der Waals surface area contributed by atoms with Crippen LogP contribution in [0.15, 0.2) is 30.3 Å². The summed E-state index contributed by atoms with van der Waals surface area (Å²) in [4.78, 5) is 14.7. The third-order valence-corrected chi connectivity index (χ3v) is 4.59. The molecule has 0 unspecified atom stereocenters. The van der Waals surface area contributed by atoms with Crippen molar-refractivity contribution in [2.75, 3.05) is 6.54 Å². The number of hydroxylamine groups is 2. The van der Waals surface area contributed by atoms with Gasteiger partial charge < -0.3 is 4.90 Å². The Labute approximate surface area is 127 Å². The van der Waals surface area contributed by atoms with Gasteiger partial charge >= 0.3 is 0 Å². The topological polar surface area (TPSA) is 43.5 Å². The smallest absolute Gasteiger partial charge is 0.245 e. The van der Waals surface area contributed by atoms with Gasteiger partial charge in [-0.15, -0.1) is 10.3 Å². The SMILES string of the molecule is CCC1(CC)C(=O)N(Cc2ccccc2)CC(C)(C)N1[O]. The van der Waals surface area contributed by atoms with Crippen LogP contribution in [0, 0.1) is 0 Å². The Kier molecular flexibility index (Phi) is 4.40. The second-order valence-corrected chi connectivity index (χ2v) is 6.49. The van der Waals surface area contributed by atoms with E-state index in [1.54, 1.807) is 0 Å². The Morgan fingerprint density at radius 3 is 2.19 bits per heavy atom. The van der Waals surface area contributed by atoms with Gasteiger partial charge in [0.2, 0.25) is 5.91 Å². The second kappa shape index (κ2) is 5.78. The summed E-state index contributed by atoms with van der Waals surface area (Å²) >= 11 is 0. The van der Waals surface area contributed by atoms with Gasteiger partial charge in [0.15, 0.2) is 0 Å². The van der Waals surface area contributed by atoms with Crippen LogP contribution >= 0.6 is 0 Å². The Morgan fingerprint density at radius 1 is 1.10 bits per heavy atom. The lowest BCUT2D eigenvalue weighted by Crippen LogP contribution is -2.71. The molecule has 1 fully saturated rings. The predicted molar refractivity (Wildman–Crippen MR) is 81.8 cm³/mol. The number of piperazine rings is 1. The third kappa shape index (κ3) is 2.70. The highest BCUT2D eigenvalue weighted by Crippen LogP contribution is 2.37. The predicted octanol–water partition coefficient (Wildman–Crippen LogP) is 3.01. The molecular formula is C17H25N2O2. The highest BCUT2D eigenvalue weighted by atomic mass is 16.5. The molecule has 21 heavy (non-hydrogen) atoms. The summed E-state index contributed by atoms with van der Waals surface area (Å²) in [6.07, 6.45) is 1.08. The minimum absolute atomic E-state index is 0.0364. The van der Waals surface area contributed by atoms with Crippen LogP contribution < -0.4 is 0 Å². The molecule has 4 nitrogen and oxygen atoms in total. The maximum absolute atomic E-state index is 12.9. The molecule has 0 atom stereocenters. The minimum Gasteiger partial charge on any atom is -0.335 e. The lowest BCUT2D eigenvalue weighted by Gasteiger charge is -2.52. The first-order valence-electron chi connectivity index (χ1n) is 7.68. The van der Waals surface area contributed by atoms with E-state index in [-0.39, 0.29) is 5.91 Å². The molecule has 0 saturated carbocycles. The molecule has 1 aromatic carbocycles. The fourth-order valence-electron chi connectivity index (χ4n) is 3.33. The molecule has 1 radical (unpaired) electrons. The van der Waals surface area contributed by atoms with Crippen molar-refractivity contribution in [2.45, 2.75) is 58.2 Å². The summed E-state index contributed by atoms with van der Waals surface area (Å²) < 4.78 is 0. The van der Waals surface area contributed by atoms with Crippen molar-refractivity contribution in [3.8, 4) is 0 Å². The molecule has 1 aliphatic rings. The van der Waals surface area contributed by atoms with Gasteiger partial charge in [-0.1, -0.05) is 44.2 Å². The van der Waals surface area contributed by atoms with E-state index < -0.39 is 11.1 Å². The first-order chi connectivity index (χ1) is 9.87. The van der Waals surface area contributed by atoms with E-state index in [9.17, 15) is 10.0 Å². The Morgan fingerprint density at radius 2 is 1.67 bits per heavy atom. The van der Waals surface area contributed by atoms with Gasteiger partial charge in [0.25, 0.3) is 0 Å². The first-order valence-corrected chi connectivity index (χ1v) is 7.68. The molecule has 0 bridgehead atoms. The number of nitrogens with zero attached hydrogens (tertiary/aromatic N) is 2. The van der Waals surface area contributed by atoms with E-state index in [1.807, 2.05) is 62.9 Å². The number of amides is 1. The lowest BCUT2D eigenvalue weighted by molar-refractivity contribution is -0.294. The van der Waals surface area contributed by atoms with Crippen molar-refractivity contribution >= 4 is 5.91 Å². The third-order valence-electron chi connectivity index (χ3n) is 4.59. The maximum Gasteiger partial charge on any atom is 0.245 e. The van der Waals surface area contributed by atoms with Gasteiger partial charge in [0, 0.05) is 13.1 Å². The largest absolute Gasteiger partial charge is 0.335 e. The Balaban J connectivity index is 2.33. The van der Waals surface area contributed by atoms with Crippen LogP contribution in [0.25, 0.3) is 0 Å². The average molecular weight is 289 g/mol. The van der Waals surface area contributed by atoms with Crippen LogP contribution in [-0.4, -0.2) is 33.5 Å². The molecule has 0 N–H and O–H groups in total. The molecule has 1 saturated heterocycles. The molecule has 0 aliphatic carbocycles. The zero-order valence-corrected chi connectivity index (χ0v) is 13.4. The minimum atomic E-state index is -0.920. The van der Waals surface area contributed by atoms with Crippen molar-refractivity contribution in [2.24, 2.45) is 0 Å². The number of hydrogen-bond acceptors (Lipinski definition) is 2. The summed E-state index contributed by atoms with van der Waals surface area (Å²) in [6, 6.07) is 9.95. The molecule has 2 rings (SSSR count). The molecule has 115 valence electrons. The van der Waals surface area contributed by atoms with Gasteiger partial charge in [-0.05, 0) is 32.3 Å². The van der Waals surface area contributed by atoms with Crippen LogP contribution in [0.1, 0.15) is 46.1 Å². The fourth-order valence-corrected chi connectivity index (χ4v) is 3.33. The lowest BCUT2D eigenvalue weighted by atomic mass is 9.82. The number of benzene rings is 1. The molecule has 1 amide bonds. The fraction of sp³-hybridized carbons (Fsp3) is 0.588. The zero-order chi connectivity index (χ0) is 15.7.